The molecular formula is C6H6F4N2. The van der Waals surface area contributed by atoms with Crippen molar-refractivity contribution in [3.8, 4) is 0 Å². The fourth-order valence-corrected chi connectivity index (χ4v) is 0.693. The molecule has 0 radical (unpaired) electrons. The predicted octanol–water partition coefficient (Wildman–Crippen LogP) is 1.78. The summed E-state index contributed by atoms with van der Waals surface area (Å²) in [6.45, 7) is -1.04. The number of aromatic nitrogens is 2. The number of nitrogens with zero attached hydrogens (tertiary/aromatic N) is 2. The molecule has 1 aromatic heterocycles. The highest BCUT2D eigenvalue weighted by atomic mass is 19.3. The van der Waals surface area contributed by atoms with Crippen LogP contribution >= 0.6 is 0 Å². The number of imidazole rings is 1. The van der Waals surface area contributed by atoms with Crippen molar-refractivity contribution in [1.82, 2.24) is 9.55 Å². The van der Waals surface area contributed by atoms with Crippen LogP contribution < -0.4 is 0 Å². The van der Waals surface area contributed by atoms with Crippen molar-refractivity contribution in [2.45, 2.75) is 18.9 Å². The fourth-order valence-electron chi connectivity index (χ4n) is 0.693. The third-order valence-corrected chi connectivity index (χ3v) is 1.27. The molecule has 0 aromatic carbocycles. The highest BCUT2D eigenvalue weighted by Gasteiger charge is 2.40. The van der Waals surface area contributed by atoms with Gasteiger partial charge in [0.15, 0.2) is 0 Å². The smallest absolute Gasteiger partial charge is 0.324 e. The first kappa shape index (κ1) is 9.02. The average molecular weight is 182 g/mol. The highest BCUT2D eigenvalue weighted by Crippen LogP contribution is 2.24. The normalized spacial score (nSPS) is 12.4. The molecule has 0 amide bonds. The number of hydrogen-bond donors (Lipinski definition) is 0. The number of halogens is 4. The topological polar surface area (TPSA) is 17.8 Å². The van der Waals surface area contributed by atoms with Crippen LogP contribution in [0.2, 0.25) is 0 Å². The molecule has 0 aliphatic heterocycles. The number of alkyl halides is 4. The van der Waals surface area contributed by atoms with E-state index in [1.54, 1.807) is 0 Å². The molecule has 0 bridgehead atoms. The molecule has 0 spiro atoms. The van der Waals surface area contributed by atoms with Crippen molar-refractivity contribution >= 4 is 0 Å². The van der Waals surface area contributed by atoms with Gasteiger partial charge in [-0.05, 0) is 0 Å². The van der Waals surface area contributed by atoms with Gasteiger partial charge >= 0.3 is 12.3 Å². The fraction of sp³-hybridized carbons (Fsp3) is 0.500. The Kier molecular flexibility index (Phi) is 2.35. The van der Waals surface area contributed by atoms with Crippen LogP contribution in [-0.4, -0.2) is 21.9 Å². The quantitative estimate of drug-likeness (QED) is 0.651. The summed E-state index contributed by atoms with van der Waals surface area (Å²) in [7, 11) is 0. The molecule has 1 rings (SSSR count). The van der Waals surface area contributed by atoms with E-state index in [0.29, 0.717) is 0 Å². The minimum atomic E-state index is -3.99. The molecule has 0 fully saturated rings. The van der Waals surface area contributed by atoms with E-state index in [2.05, 4.69) is 4.98 Å². The van der Waals surface area contributed by atoms with Crippen LogP contribution in [0, 0.1) is 0 Å². The van der Waals surface area contributed by atoms with Crippen LogP contribution in [0.3, 0.4) is 0 Å². The van der Waals surface area contributed by atoms with E-state index in [0.717, 1.165) is 10.9 Å². The SMILES string of the molecule is FC(F)C(F)(F)Cn1ccnc1. The second-order valence-corrected chi connectivity index (χ2v) is 2.30. The highest BCUT2D eigenvalue weighted by molar-refractivity contribution is 4.79. The van der Waals surface area contributed by atoms with Gasteiger partial charge in [0.1, 0.15) is 0 Å². The van der Waals surface area contributed by atoms with Crippen molar-refractivity contribution in [2.24, 2.45) is 0 Å². The maximum atomic E-state index is 12.3. The summed E-state index contributed by atoms with van der Waals surface area (Å²) < 4.78 is 48.8. The molecule has 0 saturated carbocycles. The average Bonchev–Trinajstić information content (AvgIpc) is 2.38. The lowest BCUT2D eigenvalue weighted by molar-refractivity contribution is -0.137. The molecule has 1 heterocycles. The summed E-state index contributed by atoms with van der Waals surface area (Å²) in [5.74, 6) is -3.99. The Morgan fingerprint density at radius 2 is 2.08 bits per heavy atom. The third-order valence-electron chi connectivity index (χ3n) is 1.27. The van der Waals surface area contributed by atoms with Crippen molar-refractivity contribution in [1.29, 1.82) is 0 Å². The second kappa shape index (κ2) is 3.12. The van der Waals surface area contributed by atoms with Gasteiger partial charge in [-0.2, -0.15) is 8.78 Å². The van der Waals surface area contributed by atoms with Crippen LogP contribution in [0.25, 0.3) is 0 Å². The summed E-state index contributed by atoms with van der Waals surface area (Å²) >= 11 is 0. The van der Waals surface area contributed by atoms with E-state index in [4.69, 9.17) is 0 Å². The first-order valence-electron chi connectivity index (χ1n) is 3.14. The third kappa shape index (κ3) is 1.96. The summed E-state index contributed by atoms with van der Waals surface area (Å²) in [6, 6.07) is 0. The van der Waals surface area contributed by atoms with Gasteiger partial charge in [-0.1, -0.05) is 0 Å². The maximum absolute atomic E-state index is 12.3. The van der Waals surface area contributed by atoms with E-state index in [-0.39, 0.29) is 0 Å². The molecule has 0 N–H and O–H groups in total. The molecule has 0 aliphatic carbocycles. The second-order valence-electron chi connectivity index (χ2n) is 2.30. The monoisotopic (exact) mass is 182 g/mol. The molecule has 0 atom stereocenters. The maximum Gasteiger partial charge on any atom is 0.324 e. The van der Waals surface area contributed by atoms with Crippen LogP contribution in [0.15, 0.2) is 18.7 Å². The predicted molar refractivity (Wildman–Crippen MR) is 33.2 cm³/mol. The number of hydrogen-bond acceptors (Lipinski definition) is 1. The standard InChI is InChI=1S/C6H6F4N2/c7-5(8)6(9,10)3-12-2-1-11-4-12/h1-2,4-5H,3H2. The lowest BCUT2D eigenvalue weighted by Crippen LogP contribution is -2.31. The zero-order valence-electron chi connectivity index (χ0n) is 5.92. The van der Waals surface area contributed by atoms with Crippen LogP contribution in [0.5, 0.6) is 0 Å². The first-order valence-corrected chi connectivity index (χ1v) is 3.14. The van der Waals surface area contributed by atoms with Gasteiger partial charge in [-0.15, -0.1) is 0 Å². The molecule has 0 unspecified atom stereocenters. The zero-order valence-corrected chi connectivity index (χ0v) is 5.92. The van der Waals surface area contributed by atoms with Gasteiger partial charge in [-0.3, -0.25) is 0 Å². The summed E-state index contributed by atoms with van der Waals surface area (Å²) in [4.78, 5) is 3.45. The summed E-state index contributed by atoms with van der Waals surface area (Å²) in [5, 5.41) is 0. The molecule has 68 valence electrons. The van der Waals surface area contributed by atoms with Crippen molar-refractivity contribution < 1.29 is 17.6 Å². The molecule has 2 nitrogen and oxygen atoms in total. The van der Waals surface area contributed by atoms with Gasteiger partial charge in [0.05, 0.1) is 12.9 Å². The van der Waals surface area contributed by atoms with Gasteiger partial charge in [0, 0.05) is 12.4 Å². The van der Waals surface area contributed by atoms with E-state index in [1.165, 1.54) is 12.4 Å². The lowest BCUT2D eigenvalue weighted by Gasteiger charge is -2.14. The minimum absolute atomic E-state index is 0.909. The van der Waals surface area contributed by atoms with Crippen molar-refractivity contribution in [3.05, 3.63) is 18.7 Å². The zero-order chi connectivity index (χ0) is 9.19. The molecule has 0 saturated heterocycles. The van der Waals surface area contributed by atoms with Crippen LogP contribution in [-0.2, 0) is 6.54 Å². The Labute approximate surface area is 65.8 Å². The van der Waals surface area contributed by atoms with E-state index >= 15 is 0 Å². The van der Waals surface area contributed by atoms with E-state index < -0.39 is 18.9 Å². The molecule has 12 heavy (non-hydrogen) atoms. The summed E-state index contributed by atoms with van der Waals surface area (Å²) in [5.41, 5.74) is 0. The lowest BCUT2D eigenvalue weighted by atomic mass is 10.3. The van der Waals surface area contributed by atoms with Crippen LogP contribution in [0.4, 0.5) is 17.6 Å². The Balaban J connectivity index is 2.62. The Morgan fingerprint density at radius 3 is 2.50 bits per heavy atom. The van der Waals surface area contributed by atoms with Gasteiger partial charge in [0.25, 0.3) is 0 Å². The number of rotatable bonds is 3. The Hall–Kier alpha value is -1.07. The minimum Gasteiger partial charge on any atom is -0.331 e. The summed E-state index contributed by atoms with van der Waals surface area (Å²) in [6.07, 6.45) is -0.117. The molecule has 0 aliphatic rings. The Morgan fingerprint density at radius 1 is 1.42 bits per heavy atom. The first-order chi connectivity index (χ1) is 5.52. The molecule has 1 aromatic rings. The largest absolute Gasteiger partial charge is 0.331 e. The molecule has 6 heteroatoms. The van der Waals surface area contributed by atoms with Crippen molar-refractivity contribution in [2.75, 3.05) is 0 Å². The van der Waals surface area contributed by atoms with Gasteiger partial charge in [0.2, 0.25) is 0 Å². The van der Waals surface area contributed by atoms with E-state index in [1.807, 2.05) is 0 Å². The Bertz CT molecular complexity index is 232. The van der Waals surface area contributed by atoms with Crippen molar-refractivity contribution in [3.63, 3.8) is 0 Å². The van der Waals surface area contributed by atoms with Crippen LogP contribution in [0.1, 0.15) is 0 Å². The van der Waals surface area contributed by atoms with Gasteiger partial charge < -0.3 is 4.57 Å². The van der Waals surface area contributed by atoms with Gasteiger partial charge in [-0.25, -0.2) is 13.8 Å². The van der Waals surface area contributed by atoms with E-state index in [9.17, 15) is 17.6 Å². The molecular weight excluding hydrogens is 176 g/mol.